The van der Waals surface area contributed by atoms with Crippen LogP contribution < -0.4 is 5.73 Å². The van der Waals surface area contributed by atoms with Crippen LogP contribution in [0.4, 0.5) is 4.39 Å². The van der Waals surface area contributed by atoms with Gasteiger partial charge < -0.3 is 5.73 Å². The van der Waals surface area contributed by atoms with Crippen molar-refractivity contribution in [1.82, 2.24) is 4.98 Å². The lowest BCUT2D eigenvalue weighted by Crippen LogP contribution is -2.23. The first-order valence-corrected chi connectivity index (χ1v) is 5.28. The first-order chi connectivity index (χ1) is 6.47. The number of aromatic nitrogens is 1. The zero-order valence-electron chi connectivity index (χ0n) is 8.35. The van der Waals surface area contributed by atoms with E-state index in [1.807, 2.05) is 13.8 Å². The maximum Gasteiger partial charge on any atom is 0.216 e. The predicted molar refractivity (Wildman–Crippen MR) is 58.6 cm³/mol. The monoisotopic (exact) mass is 260 g/mol. The quantitative estimate of drug-likeness (QED) is 0.849. The van der Waals surface area contributed by atoms with Crippen LogP contribution in [0.2, 0.25) is 0 Å². The summed E-state index contributed by atoms with van der Waals surface area (Å²) in [5.41, 5.74) is 5.83. The zero-order valence-corrected chi connectivity index (χ0v) is 9.94. The molecule has 0 spiro atoms. The SMILES string of the molecule is CC(C)(CCN)c1cc(Br)cnc1F. The van der Waals surface area contributed by atoms with Gasteiger partial charge in [-0.2, -0.15) is 4.39 Å². The van der Waals surface area contributed by atoms with Crippen LogP contribution in [0.5, 0.6) is 0 Å². The first-order valence-electron chi connectivity index (χ1n) is 4.49. The Hall–Kier alpha value is -0.480. The molecule has 78 valence electrons. The standard InChI is InChI=1S/C10H14BrFN2/c1-10(2,3-4-13)8-5-7(11)6-14-9(8)12/h5-6H,3-4,13H2,1-2H3. The molecule has 1 aromatic heterocycles. The van der Waals surface area contributed by atoms with Crippen molar-refractivity contribution in [2.75, 3.05) is 6.54 Å². The van der Waals surface area contributed by atoms with Crippen LogP contribution in [-0.2, 0) is 5.41 Å². The highest BCUT2D eigenvalue weighted by molar-refractivity contribution is 9.10. The van der Waals surface area contributed by atoms with Gasteiger partial charge in [0.15, 0.2) is 0 Å². The van der Waals surface area contributed by atoms with E-state index >= 15 is 0 Å². The number of halogens is 2. The summed E-state index contributed by atoms with van der Waals surface area (Å²) in [4.78, 5) is 3.67. The number of hydrogen-bond donors (Lipinski definition) is 1. The summed E-state index contributed by atoms with van der Waals surface area (Å²) < 4.78 is 14.2. The third kappa shape index (κ3) is 2.51. The smallest absolute Gasteiger partial charge is 0.216 e. The van der Waals surface area contributed by atoms with Gasteiger partial charge in [-0.3, -0.25) is 0 Å². The predicted octanol–water partition coefficient (Wildman–Crippen LogP) is 2.61. The second-order valence-electron chi connectivity index (χ2n) is 3.91. The third-order valence-electron chi connectivity index (χ3n) is 2.30. The fourth-order valence-corrected chi connectivity index (χ4v) is 1.72. The maximum atomic E-state index is 13.4. The van der Waals surface area contributed by atoms with Crippen LogP contribution in [0.15, 0.2) is 16.7 Å². The number of nitrogens with zero attached hydrogens (tertiary/aromatic N) is 1. The molecular formula is C10H14BrFN2. The molecule has 1 aromatic rings. The third-order valence-corrected chi connectivity index (χ3v) is 2.74. The van der Waals surface area contributed by atoms with Gasteiger partial charge in [0.2, 0.25) is 5.95 Å². The molecule has 4 heteroatoms. The highest BCUT2D eigenvalue weighted by Gasteiger charge is 2.24. The maximum absolute atomic E-state index is 13.4. The summed E-state index contributed by atoms with van der Waals surface area (Å²) in [7, 11) is 0. The molecule has 2 nitrogen and oxygen atoms in total. The van der Waals surface area contributed by atoms with E-state index < -0.39 is 5.95 Å². The van der Waals surface area contributed by atoms with Gasteiger partial charge >= 0.3 is 0 Å². The van der Waals surface area contributed by atoms with Gasteiger partial charge in [0.05, 0.1) is 0 Å². The van der Waals surface area contributed by atoms with Gasteiger partial charge in [-0.05, 0) is 40.4 Å². The van der Waals surface area contributed by atoms with Crippen LogP contribution in [0, 0.1) is 5.95 Å². The molecule has 1 heterocycles. The minimum atomic E-state index is -0.411. The summed E-state index contributed by atoms with van der Waals surface area (Å²) in [5.74, 6) is -0.411. The number of pyridine rings is 1. The highest BCUT2D eigenvalue weighted by Crippen LogP contribution is 2.29. The van der Waals surface area contributed by atoms with E-state index in [4.69, 9.17) is 5.73 Å². The molecule has 0 aliphatic rings. The molecule has 14 heavy (non-hydrogen) atoms. The average molecular weight is 261 g/mol. The highest BCUT2D eigenvalue weighted by atomic mass is 79.9. The fraction of sp³-hybridized carbons (Fsp3) is 0.500. The Morgan fingerprint density at radius 1 is 1.57 bits per heavy atom. The van der Waals surface area contributed by atoms with E-state index in [1.54, 1.807) is 6.07 Å². The molecule has 0 amide bonds. The number of rotatable bonds is 3. The topological polar surface area (TPSA) is 38.9 Å². The molecule has 0 bridgehead atoms. The minimum Gasteiger partial charge on any atom is -0.330 e. The molecule has 0 aliphatic heterocycles. The molecule has 0 unspecified atom stereocenters. The van der Waals surface area contributed by atoms with E-state index in [2.05, 4.69) is 20.9 Å². The Morgan fingerprint density at radius 2 is 2.21 bits per heavy atom. The van der Waals surface area contributed by atoms with E-state index in [0.717, 1.165) is 10.9 Å². The summed E-state index contributed by atoms with van der Waals surface area (Å²) >= 11 is 3.28. The molecule has 0 aliphatic carbocycles. The second-order valence-corrected chi connectivity index (χ2v) is 4.83. The van der Waals surface area contributed by atoms with Crippen molar-refractivity contribution in [1.29, 1.82) is 0 Å². The normalized spacial score (nSPS) is 11.8. The van der Waals surface area contributed by atoms with Gasteiger partial charge in [0, 0.05) is 16.2 Å². The van der Waals surface area contributed by atoms with Crippen LogP contribution >= 0.6 is 15.9 Å². The Labute approximate surface area is 91.8 Å². The molecule has 0 atom stereocenters. The molecule has 0 saturated heterocycles. The fourth-order valence-electron chi connectivity index (χ4n) is 1.39. The van der Waals surface area contributed by atoms with E-state index in [1.165, 1.54) is 6.20 Å². The lowest BCUT2D eigenvalue weighted by molar-refractivity contribution is 0.443. The van der Waals surface area contributed by atoms with Crippen molar-refractivity contribution < 1.29 is 4.39 Å². The molecule has 0 fully saturated rings. The minimum absolute atomic E-state index is 0.268. The molecule has 0 aromatic carbocycles. The Bertz CT molecular complexity index is 326. The van der Waals surface area contributed by atoms with Crippen molar-refractivity contribution in [3.05, 3.63) is 28.2 Å². The van der Waals surface area contributed by atoms with E-state index in [-0.39, 0.29) is 5.41 Å². The Balaban J connectivity index is 3.10. The van der Waals surface area contributed by atoms with E-state index in [9.17, 15) is 4.39 Å². The van der Waals surface area contributed by atoms with Crippen molar-refractivity contribution >= 4 is 15.9 Å². The Morgan fingerprint density at radius 3 is 2.79 bits per heavy atom. The number of hydrogen-bond acceptors (Lipinski definition) is 2. The van der Waals surface area contributed by atoms with Crippen molar-refractivity contribution in [2.24, 2.45) is 5.73 Å². The summed E-state index contributed by atoms with van der Waals surface area (Å²) in [6, 6.07) is 1.76. The Kier molecular flexibility index (Phi) is 3.61. The number of nitrogens with two attached hydrogens (primary N) is 1. The lowest BCUT2D eigenvalue weighted by atomic mass is 9.82. The van der Waals surface area contributed by atoms with Crippen molar-refractivity contribution in [3.8, 4) is 0 Å². The summed E-state index contributed by atoms with van der Waals surface area (Å²) in [6.45, 7) is 4.47. The van der Waals surface area contributed by atoms with Gasteiger partial charge in [0.25, 0.3) is 0 Å². The molecule has 0 saturated carbocycles. The molecular weight excluding hydrogens is 247 g/mol. The van der Waals surface area contributed by atoms with Gasteiger partial charge in [0.1, 0.15) is 0 Å². The largest absolute Gasteiger partial charge is 0.330 e. The average Bonchev–Trinajstić information content (AvgIpc) is 2.09. The van der Waals surface area contributed by atoms with Gasteiger partial charge in [-0.15, -0.1) is 0 Å². The molecule has 0 radical (unpaired) electrons. The summed E-state index contributed by atoms with van der Waals surface area (Å²) in [6.07, 6.45) is 2.19. The van der Waals surface area contributed by atoms with Crippen molar-refractivity contribution in [2.45, 2.75) is 25.7 Å². The molecule has 2 N–H and O–H groups in total. The van der Waals surface area contributed by atoms with Crippen LogP contribution in [0.3, 0.4) is 0 Å². The van der Waals surface area contributed by atoms with Crippen molar-refractivity contribution in [3.63, 3.8) is 0 Å². The lowest BCUT2D eigenvalue weighted by Gasteiger charge is -2.24. The first kappa shape index (κ1) is 11.6. The summed E-state index contributed by atoms with van der Waals surface area (Å²) in [5, 5.41) is 0. The van der Waals surface area contributed by atoms with Crippen LogP contribution in [0.25, 0.3) is 0 Å². The zero-order chi connectivity index (χ0) is 10.8. The van der Waals surface area contributed by atoms with Crippen LogP contribution in [-0.4, -0.2) is 11.5 Å². The second kappa shape index (κ2) is 4.36. The van der Waals surface area contributed by atoms with Gasteiger partial charge in [-0.25, -0.2) is 4.98 Å². The van der Waals surface area contributed by atoms with Crippen LogP contribution in [0.1, 0.15) is 25.8 Å². The molecule has 1 rings (SSSR count). The van der Waals surface area contributed by atoms with Gasteiger partial charge in [-0.1, -0.05) is 13.8 Å². The van der Waals surface area contributed by atoms with E-state index in [0.29, 0.717) is 12.1 Å².